The number of hydrogen-bond donors (Lipinski definition) is 0. The van der Waals surface area contributed by atoms with E-state index in [0.717, 1.165) is 39.5 Å². The van der Waals surface area contributed by atoms with E-state index < -0.39 is 0 Å². The van der Waals surface area contributed by atoms with E-state index in [1.165, 1.54) is 6.04 Å². The lowest BCUT2D eigenvalue weighted by molar-refractivity contribution is -0.0828. The number of hydrogen-bond acceptors (Lipinski definition) is 4. The van der Waals surface area contributed by atoms with Crippen molar-refractivity contribution in [3.8, 4) is 0 Å². The Bertz CT molecular complexity index is 158. The van der Waals surface area contributed by atoms with Gasteiger partial charge in [0.15, 0.2) is 0 Å². The minimum atomic E-state index is -0.284. The monoisotopic (exact) mass is 248 g/mol. The first-order valence-electron chi connectivity index (χ1n) is 6.29. The van der Waals surface area contributed by atoms with Crippen LogP contribution in [0.1, 0.15) is 20.3 Å². The highest BCUT2D eigenvalue weighted by Gasteiger charge is 2.21. The molecule has 0 bridgehead atoms. The zero-order valence-electron chi connectivity index (χ0n) is 10.4. The minimum Gasteiger partial charge on any atom is -0.379 e. The standard InChI is InChI=1S/C11H24O4Si/c1-3-13-11(14-4-2)16-7-5-6-12-8-10-9-15-10/h10-11H,3-9,16H2,1-2H3. The quantitative estimate of drug-likeness (QED) is 0.234. The first-order valence-corrected chi connectivity index (χ1v) is 8.11. The van der Waals surface area contributed by atoms with Crippen LogP contribution in [0.25, 0.3) is 0 Å². The summed E-state index contributed by atoms with van der Waals surface area (Å²) in [6.45, 7) is 8.00. The Morgan fingerprint density at radius 2 is 2.00 bits per heavy atom. The predicted octanol–water partition coefficient (Wildman–Crippen LogP) is 0.736. The van der Waals surface area contributed by atoms with Crippen molar-refractivity contribution in [3.63, 3.8) is 0 Å². The zero-order chi connectivity index (χ0) is 11.6. The lowest BCUT2D eigenvalue weighted by Crippen LogP contribution is -2.24. The van der Waals surface area contributed by atoms with E-state index in [1.807, 2.05) is 13.8 Å². The van der Waals surface area contributed by atoms with Crippen LogP contribution in [0.15, 0.2) is 0 Å². The van der Waals surface area contributed by atoms with Gasteiger partial charge in [0.2, 0.25) is 0 Å². The van der Waals surface area contributed by atoms with E-state index in [-0.39, 0.29) is 15.4 Å². The second-order valence-electron chi connectivity index (χ2n) is 3.87. The second-order valence-corrected chi connectivity index (χ2v) is 5.82. The Labute approximate surface area is 100 Å². The van der Waals surface area contributed by atoms with Crippen LogP contribution in [0.3, 0.4) is 0 Å². The summed E-state index contributed by atoms with van der Waals surface area (Å²) in [4.78, 5) is 0. The van der Waals surface area contributed by atoms with Gasteiger partial charge in [-0.2, -0.15) is 0 Å². The van der Waals surface area contributed by atoms with Gasteiger partial charge in [-0.05, 0) is 20.3 Å². The molecule has 0 spiro atoms. The van der Waals surface area contributed by atoms with Gasteiger partial charge in [0.05, 0.1) is 22.7 Å². The molecule has 1 rings (SSSR count). The van der Waals surface area contributed by atoms with Crippen molar-refractivity contribution in [1.82, 2.24) is 0 Å². The number of rotatable bonds is 11. The summed E-state index contributed by atoms with van der Waals surface area (Å²) in [5.41, 5.74) is 0. The average molecular weight is 248 g/mol. The first-order chi connectivity index (χ1) is 7.86. The molecule has 1 heterocycles. The summed E-state index contributed by atoms with van der Waals surface area (Å²) >= 11 is 0. The average Bonchev–Trinajstić information content (AvgIpc) is 3.07. The van der Waals surface area contributed by atoms with Gasteiger partial charge in [-0.3, -0.25) is 0 Å². The number of epoxide rings is 1. The molecule has 0 aromatic rings. The second kappa shape index (κ2) is 9.12. The van der Waals surface area contributed by atoms with Crippen LogP contribution in [0.5, 0.6) is 0 Å². The highest BCUT2D eigenvalue weighted by atomic mass is 28.2. The van der Waals surface area contributed by atoms with Gasteiger partial charge in [0.1, 0.15) is 12.0 Å². The van der Waals surface area contributed by atoms with Crippen molar-refractivity contribution in [2.45, 2.75) is 38.3 Å². The topological polar surface area (TPSA) is 40.2 Å². The van der Waals surface area contributed by atoms with E-state index in [1.54, 1.807) is 0 Å². The van der Waals surface area contributed by atoms with Gasteiger partial charge in [-0.1, -0.05) is 6.04 Å². The van der Waals surface area contributed by atoms with Crippen LogP contribution >= 0.6 is 0 Å². The van der Waals surface area contributed by atoms with Gasteiger partial charge >= 0.3 is 0 Å². The maximum atomic E-state index is 5.52. The van der Waals surface area contributed by atoms with E-state index >= 15 is 0 Å². The molecule has 0 aromatic heterocycles. The van der Waals surface area contributed by atoms with Crippen LogP contribution in [-0.4, -0.2) is 54.6 Å². The molecule has 1 unspecified atom stereocenters. The summed E-state index contributed by atoms with van der Waals surface area (Å²) in [5, 5.41) is 0. The van der Waals surface area contributed by atoms with Crippen LogP contribution < -0.4 is 0 Å². The Morgan fingerprint density at radius 1 is 1.31 bits per heavy atom. The lowest BCUT2D eigenvalue weighted by atomic mass is 10.5. The smallest absolute Gasteiger partial charge is 0.134 e. The molecule has 0 saturated carbocycles. The normalized spacial score (nSPS) is 20.1. The molecule has 1 atom stereocenters. The maximum Gasteiger partial charge on any atom is 0.134 e. The van der Waals surface area contributed by atoms with Gasteiger partial charge in [0.25, 0.3) is 0 Å². The van der Waals surface area contributed by atoms with E-state index in [0.29, 0.717) is 6.10 Å². The molecule has 1 fully saturated rings. The summed E-state index contributed by atoms with van der Waals surface area (Å²) in [6.07, 6.45) is 1.51. The fourth-order valence-electron chi connectivity index (χ4n) is 1.48. The maximum absolute atomic E-state index is 5.52. The van der Waals surface area contributed by atoms with Crippen molar-refractivity contribution in [1.29, 1.82) is 0 Å². The summed E-state index contributed by atoms with van der Waals surface area (Å²) in [7, 11) is -0.284. The van der Waals surface area contributed by atoms with Crippen LogP contribution in [0, 0.1) is 0 Å². The summed E-state index contributed by atoms with van der Waals surface area (Å²) in [6, 6.07) is 1.22. The van der Waals surface area contributed by atoms with Crippen molar-refractivity contribution in [2.24, 2.45) is 0 Å². The first kappa shape index (κ1) is 14.1. The Hall–Kier alpha value is 0.0569. The molecule has 0 aliphatic carbocycles. The van der Waals surface area contributed by atoms with Gasteiger partial charge in [-0.15, -0.1) is 0 Å². The van der Waals surface area contributed by atoms with Gasteiger partial charge < -0.3 is 18.9 Å². The molecule has 4 nitrogen and oxygen atoms in total. The molecule has 1 saturated heterocycles. The van der Waals surface area contributed by atoms with E-state index in [4.69, 9.17) is 18.9 Å². The van der Waals surface area contributed by atoms with Crippen LogP contribution in [0.4, 0.5) is 0 Å². The Balaban J connectivity index is 1.85. The van der Waals surface area contributed by atoms with Crippen molar-refractivity contribution >= 4 is 9.52 Å². The molecule has 0 N–H and O–H groups in total. The third-order valence-corrected chi connectivity index (χ3v) is 4.24. The third-order valence-electron chi connectivity index (χ3n) is 2.39. The van der Waals surface area contributed by atoms with Gasteiger partial charge in [0, 0.05) is 19.8 Å². The van der Waals surface area contributed by atoms with Crippen molar-refractivity contribution in [2.75, 3.05) is 33.0 Å². The van der Waals surface area contributed by atoms with Crippen molar-refractivity contribution < 1.29 is 18.9 Å². The van der Waals surface area contributed by atoms with Crippen LogP contribution in [-0.2, 0) is 18.9 Å². The van der Waals surface area contributed by atoms with Crippen molar-refractivity contribution in [3.05, 3.63) is 0 Å². The lowest BCUT2D eigenvalue weighted by Gasteiger charge is -2.16. The number of ether oxygens (including phenoxy) is 4. The highest BCUT2D eigenvalue weighted by Crippen LogP contribution is 2.08. The molecule has 0 amide bonds. The van der Waals surface area contributed by atoms with E-state index in [9.17, 15) is 0 Å². The molecular formula is C11H24O4Si. The largest absolute Gasteiger partial charge is 0.379 e. The molecular weight excluding hydrogens is 224 g/mol. The predicted molar refractivity (Wildman–Crippen MR) is 65.6 cm³/mol. The Morgan fingerprint density at radius 3 is 2.56 bits per heavy atom. The zero-order valence-corrected chi connectivity index (χ0v) is 11.9. The van der Waals surface area contributed by atoms with Gasteiger partial charge in [-0.25, -0.2) is 0 Å². The molecule has 5 heteroatoms. The fourth-order valence-corrected chi connectivity index (χ4v) is 3.11. The van der Waals surface area contributed by atoms with Crippen LogP contribution in [0.2, 0.25) is 6.04 Å². The fraction of sp³-hybridized carbons (Fsp3) is 1.00. The molecule has 16 heavy (non-hydrogen) atoms. The molecule has 1 aliphatic rings. The summed E-state index contributed by atoms with van der Waals surface area (Å²) in [5.74, 6) is 0.0989. The highest BCUT2D eigenvalue weighted by molar-refractivity contribution is 6.36. The molecule has 1 aliphatic heterocycles. The molecule has 96 valence electrons. The van der Waals surface area contributed by atoms with E-state index in [2.05, 4.69) is 0 Å². The molecule has 0 aromatic carbocycles. The Kier molecular flexibility index (Phi) is 8.05. The summed E-state index contributed by atoms with van der Waals surface area (Å²) < 4.78 is 21.6. The molecule has 0 radical (unpaired) electrons. The SMILES string of the molecule is CCOC(OCC)[SiH2]CCCOCC1CO1. The third kappa shape index (κ3) is 7.35. The minimum absolute atomic E-state index is 0.0989.